The number of hydrogen-bond donors (Lipinski definition) is 1. The van der Waals surface area contributed by atoms with E-state index < -0.39 is 0 Å². The molecule has 0 aliphatic carbocycles. The van der Waals surface area contributed by atoms with Gasteiger partial charge in [-0.2, -0.15) is 5.10 Å². The van der Waals surface area contributed by atoms with Crippen molar-refractivity contribution in [2.75, 3.05) is 12.4 Å². The summed E-state index contributed by atoms with van der Waals surface area (Å²) in [6.07, 6.45) is 3.80. The van der Waals surface area contributed by atoms with Gasteiger partial charge in [-0.05, 0) is 31.5 Å². The number of aryl methyl sites for hydroxylation is 2. The van der Waals surface area contributed by atoms with Crippen LogP contribution in [0.15, 0.2) is 30.6 Å². The Balaban J connectivity index is 2.22. The summed E-state index contributed by atoms with van der Waals surface area (Å²) in [4.78, 5) is 11.6. The van der Waals surface area contributed by atoms with Crippen LogP contribution in [0.25, 0.3) is 0 Å². The van der Waals surface area contributed by atoms with Crippen LogP contribution in [0.3, 0.4) is 0 Å². The van der Waals surface area contributed by atoms with Gasteiger partial charge in [-0.1, -0.05) is 6.07 Å². The van der Waals surface area contributed by atoms with Gasteiger partial charge in [0, 0.05) is 24.5 Å². The van der Waals surface area contributed by atoms with Gasteiger partial charge in [0.05, 0.1) is 24.9 Å². The highest BCUT2D eigenvalue weighted by molar-refractivity contribution is 5.90. The van der Waals surface area contributed by atoms with Crippen molar-refractivity contribution in [3.8, 4) is 0 Å². The Bertz CT molecular complexity index is 619. The summed E-state index contributed by atoms with van der Waals surface area (Å²) in [7, 11) is 3.27. The summed E-state index contributed by atoms with van der Waals surface area (Å²) >= 11 is 0. The zero-order valence-electron chi connectivity index (χ0n) is 12.2. The normalized spacial score (nSPS) is 12.0. The van der Waals surface area contributed by atoms with Gasteiger partial charge in [0.2, 0.25) is 0 Å². The van der Waals surface area contributed by atoms with E-state index in [1.165, 1.54) is 7.11 Å². The molecule has 0 saturated carbocycles. The molecule has 1 N–H and O–H groups in total. The predicted molar refractivity (Wildman–Crippen MR) is 77.8 cm³/mol. The summed E-state index contributed by atoms with van der Waals surface area (Å²) in [5, 5.41) is 7.56. The third kappa shape index (κ3) is 2.99. The van der Waals surface area contributed by atoms with E-state index in [4.69, 9.17) is 4.74 Å². The van der Waals surface area contributed by atoms with Crippen molar-refractivity contribution in [1.82, 2.24) is 9.78 Å². The summed E-state index contributed by atoms with van der Waals surface area (Å²) < 4.78 is 6.51. The number of ether oxygens (including phenoxy) is 1. The lowest BCUT2D eigenvalue weighted by Crippen LogP contribution is -2.09. The molecular formula is C15H19N3O2. The summed E-state index contributed by atoms with van der Waals surface area (Å²) in [6, 6.07) is 5.59. The number of anilines is 1. The quantitative estimate of drug-likeness (QED) is 0.870. The fourth-order valence-corrected chi connectivity index (χ4v) is 2.00. The van der Waals surface area contributed by atoms with Crippen molar-refractivity contribution >= 4 is 11.7 Å². The second-order valence-corrected chi connectivity index (χ2v) is 4.83. The summed E-state index contributed by atoms with van der Waals surface area (Å²) in [6.45, 7) is 4.06. The smallest absolute Gasteiger partial charge is 0.337 e. The number of hydrogen-bond acceptors (Lipinski definition) is 4. The largest absolute Gasteiger partial charge is 0.465 e. The Kier molecular flexibility index (Phi) is 4.08. The van der Waals surface area contributed by atoms with Gasteiger partial charge >= 0.3 is 5.97 Å². The van der Waals surface area contributed by atoms with Crippen LogP contribution in [0.1, 0.15) is 34.5 Å². The predicted octanol–water partition coefficient (Wildman–Crippen LogP) is 2.69. The van der Waals surface area contributed by atoms with Gasteiger partial charge in [0.15, 0.2) is 0 Å². The zero-order chi connectivity index (χ0) is 14.7. The highest BCUT2D eigenvalue weighted by atomic mass is 16.5. The number of benzene rings is 1. The molecule has 0 radical (unpaired) electrons. The van der Waals surface area contributed by atoms with Crippen molar-refractivity contribution in [2.45, 2.75) is 19.9 Å². The number of carbonyl (C=O) groups excluding carboxylic acids is 1. The molecule has 0 saturated heterocycles. The molecule has 2 aromatic rings. The summed E-state index contributed by atoms with van der Waals surface area (Å²) in [5.74, 6) is -0.331. The lowest BCUT2D eigenvalue weighted by atomic mass is 10.1. The molecule has 1 aromatic carbocycles. The minimum atomic E-state index is -0.331. The molecule has 5 nitrogen and oxygen atoms in total. The van der Waals surface area contributed by atoms with E-state index in [2.05, 4.69) is 17.3 Å². The lowest BCUT2D eigenvalue weighted by Gasteiger charge is -2.16. The van der Waals surface area contributed by atoms with Gasteiger partial charge in [-0.15, -0.1) is 0 Å². The van der Waals surface area contributed by atoms with Crippen LogP contribution in [-0.4, -0.2) is 22.9 Å². The Hall–Kier alpha value is -2.30. The van der Waals surface area contributed by atoms with Crippen LogP contribution in [0.4, 0.5) is 5.69 Å². The SMILES string of the molecule is COC(=O)c1ccc(C)c(NC(C)c2cnn(C)c2)c1. The van der Waals surface area contributed by atoms with E-state index in [9.17, 15) is 4.79 Å². The topological polar surface area (TPSA) is 56.1 Å². The Morgan fingerprint density at radius 1 is 1.45 bits per heavy atom. The van der Waals surface area contributed by atoms with E-state index in [0.717, 1.165) is 16.8 Å². The van der Waals surface area contributed by atoms with Crippen molar-refractivity contribution < 1.29 is 9.53 Å². The molecule has 20 heavy (non-hydrogen) atoms. The Morgan fingerprint density at radius 3 is 2.80 bits per heavy atom. The monoisotopic (exact) mass is 273 g/mol. The maximum Gasteiger partial charge on any atom is 0.337 e. The van der Waals surface area contributed by atoms with E-state index >= 15 is 0 Å². The zero-order valence-corrected chi connectivity index (χ0v) is 12.2. The highest BCUT2D eigenvalue weighted by Crippen LogP contribution is 2.23. The highest BCUT2D eigenvalue weighted by Gasteiger charge is 2.12. The molecule has 1 atom stereocenters. The Labute approximate surface area is 118 Å². The number of esters is 1. The minimum absolute atomic E-state index is 0.107. The van der Waals surface area contributed by atoms with Crippen molar-refractivity contribution in [3.63, 3.8) is 0 Å². The van der Waals surface area contributed by atoms with Gasteiger partial charge in [-0.3, -0.25) is 4.68 Å². The van der Waals surface area contributed by atoms with Gasteiger partial charge in [-0.25, -0.2) is 4.79 Å². The van der Waals surface area contributed by atoms with E-state index in [1.807, 2.05) is 38.5 Å². The second-order valence-electron chi connectivity index (χ2n) is 4.83. The second kappa shape index (κ2) is 5.77. The number of rotatable bonds is 4. The van der Waals surface area contributed by atoms with E-state index in [1.54, 1.807) is 10.7 Å². The molecule has 1 unspecified atom stereocenters. The van der Waals surface area contributed by atoms with Gasteiger partial charge in [0.1, 0.15) is 0 Å². The van der Waals surface area contributed by atoms with Crippen molar-refractivity contribution in [2.24, 2.45) is 7.05 Å². The number of aromatic nitrogens is 2. The van der Waals surface area contributed by atoms with Crippen LogP contribution in [-0.2, 0) is 11.8 Å². The molecule has 2 rings (SSSR count). The standard InChI is InChI=1S/C15H19N3O2/c1-10-5-6-12(15(19)20-4)7-14(10)17-11(2)13-8-16-18(3)9-13/h5-9,11,17H,1-4H3. The van der Waals surface area contributed by atoms with Crippen LogP contribution in [0.5, 0.6) is 0 Å². The molecule has 0 amide bonds. The number of carbonyl (C=O) groups is 1. The molecule has 5 heteroatoms. The number of nitrogens with one attached hydrogen (secondary N) is 1. The first-order valence-electron chi connectivity index (χ1n) is 6.45. The molecule has 0 aliphatic heterocycles. The number of methoxy groups -OCH3 is 1. The van der Waals surface area contributed by atoms with E-state index in [0.29, 0.717) is 5.56 Å². The first kappa shape index (κ1) is 14.1. The molecule has 0 bridgehead atoms. The fourth-order valence-electron chi connectivity index (χ4n) is 2.00. The lowest BCUT2D eigenvalue weighted by molar-refractivity contribution is 0.0601. The van der Waals surface area contributed by atoms with Crippen molar-refractivity contribution in [1.29, 1.82) is 0 Å². The average Bonchev–Trinajstić information content (AvgIpc) is 2.87. The summed E-state index contributed by atoms with van der Waals surface area (Å²) in [5.41, 5.74) is 3.63. The van der Waals surface area contributed by atoms with Crippen LogP contribution >= 0.6 is 0 Å². The molecule has 1 aromatic heterocycles. The van der Waals surface area contributed by atoms with Crippen LogP contribution in [0.2, 0.25) is 0 Å². The maximum atomic E-state index is 11.6. The van der Waals surface area contributed by atoms with Crippen LogP contribution in [0, 0.1) is 6.92 Å². The first-order chi connectivity index (χ1) is 9.51. The van der Waals surface area contributed by atoms with Gasteiger partial charge < -0.3 is 10.1 Å². The average molecular weight is 273 g/mol. The minimum Gasteiger partial charge on any atom is -0.465 e. The molecule has 0 aliphatic rings. The third-order valence-electron chi connectivity index (χ3n) is 3.26. The van der Waals surface area contributed by atoms with E-state index in [-0.39, 0.29) is 12.0 Å². The molecule has 0 fully saturated rings. The number of nitrogens with zero attached hydrogens (tertiary/aromatic N) is 2. The molecular weight excluding hydrogens is 254 g/mol. The molecule has 1 heterocycles. The fraction of sp³-hybridized carbons (Fsp3) is 0.333. The molecule has 106 valence electrons. The molecule has 0 spiro atoms. The van der Waals surface area contributed by atoms with Gasteiger partial charge in [0.25, 0.3) is 0 Å². The van der Waals surface area contributed by atoms with Crippen LogP contribution < -0.4 is 5.32 Å². The third-order valence-corrected chi connectivity index (χ3v) is 3.26. The van der Waals surface area contributed by atoms with Crippen molar-refractivity contribution in [3.05, 3.63) is 47.3 Å². The Morgan fingerprint density at radius 2 is 2.20 bits per heavy atom. The maximum absolute atomic E-state index is 11.6. The first-order valence-corrected chi connectivity index (χ1v) is 6.45.